The molecule has 6 nitrogen and oxygen atoms in total. The Morgan fingerprint density at radius 3 is 2.88 bits per heavy atom. The summed E-state index contributed by atoms with van der Waals surface area (Å²) in [5.74, 6) is -3.08. The summed E-state index contributed by atoms with van der Waals surface area (Å²) >= 11 is 7.48. The van der Waals surface area contributed by atoms with Crippen molar-refractivity contribution in [1.29, 1.82) is 5.26 Å². The molecule has 2 aromatic rings. The maximum absolute atomic E-state index is 14.4. The third kappa shape index (κ3) is 4.18. The second-order valence-electron chi connectivity index (χ2n) is 8.93. The first-order valence-corrected chi connectivity index (χ1v) is 12.2. The number of aryl methyl sites for hydroxylation is 1. The molecular weight excluding hydrogens is 468 g/mol. The summed E-state index contributed by atoms with van der Waals surface area (Å²) in [7, 11) is 0. The first kappa shape index (κ1) is 22.8. The first-order valence-electron chi connectivity index (χ1n) is 11.0. The first-order chi connectivity index (χ1) is 15.8. The molecule has 2 fully saturated rings. The molecule has 33 heavy (non-hydrogen) atoms. The van der Waals surface area contributed by atoms with Crippen LogP contribution in [-0.2, 0) is 17.7 Å². The number of hydrogen-bond donors (Lipinski definition) is 0. The number of rotatable bonds is 4. The Balaban J connectivity index is 1.28. The van der Waals surface area contributed by atoms with Crippen LogP contribution in [0.15, 0.2) is 35.0 Å². The number of aromatic nitrogens is 3. The van der Waals surface area contributed by atoms with Crippen molar-refractivity contribution >= 4 is 23.4 Å². The van der Waals surface area contributed by atoms with Gasteiger partial charge in [0.1, 0.15) is 6.61 Å². The van der Waals surface area contributed by atoms with Gasteiger partial charge in [0.2, 0.25) is 0 Å². The Bertz CT molecular complexity index is 1120. The van der Waals surface area contributed by atoms with E-state index in [1.54, 1.807) is 10.9 Å². The maximum Gasteiger partial charge on any atom is 0.278 e. The van der Waals surface area contributed by atoms with Gasteiger partial charge in [-0.15, -0.1) is 11.8 Å². The second kappa shape index (κ2) is 8.66. The lowest BCUT2D eigenvalue weighted by Gasteiger charge is -2.51. The van der Waals surface area contributed by atoms with E-state index < -0.39 is 24.0 Å². The number of pyridine rings is 1. The Morgan fingerprint density at radius 1 is 1.33 bits per heavy atom. The van der Waals surface area contributed by atoms with E-state index in [0.29, 0.717) is 29.6 Å². The molecule has 2 saturated heterocycles. The lowest BCUT2D eigenvalue weighted by Crippen LogP contribution is -2.61. The van der Waals surface area contributed by atoms with Gasteiger partial charge in [-0.2, -0.15) is 10.4 Å². The van der Waals surface area contributed by atoms with E-state index in [4.69, 9.17) is 21.6 Å². The number of nitriles is 1. The highest BCUT2D eigenvalue weighted by Gasteiger charge is 2.60. The van der Waals surface area contributed by atoms with Gasteiger partial charge in [-0.05, 0) is 31.9 Å². The van der Waals surface area contributed by atoms with Gasteiger partial charge in [0.15, 0.2) is 5.82 Å². The minimum absolute atomic E-state index is 0.268. The van der Waals surface area contributed by atoms with Crippen LogP contribution in [0.5, 0.6) is 0 Å². The predicted molar refractivity (Wildman–Crippen MR) is 122 cm³/mol. The Labute approximate surface area is 200 Å². The maximum atomic E-state index is 14.4. The van der Waals surface area contributed by atoms with Crippen molar-refractivity contribution in [3.63, 3.8) is 0 Å². The van der Waals surface area contributed by atoms with E-state index in [9.17, 15) is 8.78 Å². The number of alkyl halides is 2. The topological polar surface area (TPSA) is 67.0 Å². The molecule has 0 N–H and O–H groups in total. The van der Waals surface area contributed by atoms with E-state index in [2.05, 4.69) is 21.1 Å². The van der Waals surface area contributed by atoms with Crippen molar-refractivity contribution in [3.05, 3.63) is 51.8 Å². The number of nitrogens with zero attached hydrogens (tertiary/aromatic N) is 5. The summed E-state index contributed by atoms with van der Waals surface area (Å²) in [5.41, 5.74) is 2.24. The monoisotopic (exact) mass is 491 g/mol. The molecule has 0 radical (unpaired) electrons. The lowest BCUT2D eigenvalue weighted by molar-refractivity contribution is -0.215. The van der Waals surface area contributed by atoms with Crippen LogP contribution in [0, 0.1) is 24.2 Å². The Kier molecular flexibility index (Phi) is 5.98. The number of ether oxygens (including phenoxy) is 1. The fraction of sp³-hybridized carbons (Fsp3) is 0.522. The number of hydrogen-bond acceptors (Lipinski definition) is 6. The molecule has 5 rings (SSSR count). The summed E-state index contributed by atoms with van der Waals surface area (Å²) in [6, 6.07) is 5.87. The SMILES string of the molecule is Cc1nn(-c2ncccc2CC#N)cc1CN1CCC2(CC1)OCC(F)(F)C1C=C(Cl)SC12. The fourth-order valence-corrected chi connectivity index (χ4v) is 6.87. The number of fused-ring (bicyclic) bond motifs is 2. The smallest absolute Gasteiger partial charge is 0.278 e. The molecule has 0 aliphatic carbocycles. The molecule has 0 saturated carbocycles. The molecule has 2 atom stereocenters. The molecule has 174 valence electrons. The highest BCUT2D eigenvalue weighted by Crippen LogP contribution is 2.56. The third-order valence-corrected chi connectivity index (χ3v) is 8.62. The average Bonchev–Trinajstić information content (AvgIpc) is 3.37. The van der Waals surface area contributed by atoms with Gasteiger partial charge in [0.05, 0.1) is 39.3 Å². The third-order valence-electron chi connectivity index (χ3n) is 6.89. The summed E-state index contributed by atoms with van der Waals surface area (Å²) in [6.45, 7) is 3.63. The van der Waals surface area contributed by atoms with Crippen LogP contribution in [-0.4, -0.2) is 56.1 Å². The standard InChI is InChI=1S/C23H24ClF2N5OS/c1-15-17(13-31(29-15)21-16(4-7-27)3-2-8-28-21)12-30-9-5-22(6-10-30)20-18(11-19(24)33-20)23(25,26)14-32-22/h2-3,8,11,13,18,20H,4-6,9-10,12,14H2,1H3. The van der Waals surface area contributed by atoms with Crippen LogP contribution >= 0.6 is 23.4 Å². The molecule has 3 aliphatic heterocycles. The minimum atomic E-state index is -2.88. The zero-order valence-corrected chi connectivity index (χ0v) is 19.8. The molecule has 0 amide bonds. The molecule has 2 unspecified atom stereocenters. The van der Waals surface area contributed by atoms with Gasteiger partial charge < -0.3 is 4.74 Å². The highest BCUT2D eigenvalue weighted by molar-refractivity contribution is 8.05. The molecule has 3 aliphatic rings. The molecule has 10 heteroatoms. The number of thioether (sulfide) groups is 1. The summed E-state index contributed by atoms with van der Waals surface area (Å²) in [6.07, 6.45) is 6.82. The molecular formula is C23H24ClF2N5OS. The predicted octanol–water partition coefficient (Wildman–Crippen LogP) is 4.45. The van der Waals surface area contributed by atoms with Crippen molar-refractivity contribution in [3.8, 4) is 11.9 Å². The normalized spacial score (nSPS) is 26.1. The van der Waals surface area contributed by atoms with Crippen molar-refractivity contribution in [2.24, 2.45) is 5.92 Å². The molecule has 0 bridgehead atoms. The Hall–Kier alpha value is -1.99. The van der Waals surface area contributed by atoms with Crippen LogP contribution < -0.4 is 0 Å². The average molecular weight is 492 g/mol. The van der Waals surface area contributed by atoms with E-state index >= 15 is 0 Å². The van der Waals surface area contributed by atoms with Crippen LogP contribution in [0.25, 0.3) is 5.82 Å². The van der Waals surface area contributed by atoms with E-state index in [-0.39, 0.29) is 11.7 Å². The quantitative estimate of drug-likeness (QED) is 0.629. The van der Waals surface area contributed by atoms with Crippen molar-refractivity contribution in [1.82, 2.24) is 19.7 Å². The van der Waals surface area contributed by atoms with Crippen molar-refractivity contribution in [2.75, 3.05) is 19.7 Å². The number of likely N-dealkylation sites (tertiary alicyclic amines) is 1. The number of allylic oxidation sites excluding steroid dienone is 1. The van der Waals surface area contributed by atoms with Gasteiger partial charge in [0.25, 0.3) is 5.92 Å². The van der Waals surface area contributed by atoms with Crippen LogP contribution in [0.4, 0.5) is 8.78 Å². The Morgan fingerprint density at radius 2 is 2.12 bits per heavy atom. The number of piperidine rings is 1. The van der Waals surface area contributed by atoms with E-state index in [1.165, 1.54) is 17.8 Å². The molecule has 1 spiro atoms. The van der Waals surface area contributed by atoms with Gasteiger partial charge in [0, 0.05) is 43.2 Å². The van der Waals surface area contributed by atoms with Crippen molar-refractivity contribution in [2.45, 2.75) is 49.5 Å². The van der Waals surface area contributed by atoms with Gasteiger partial charge >= 0.3 is 0 Å². The summed E-state index contributed by atoms with van der Waals surface area (Å²) in [4.78, 5) is 6.73. The van der Waals surface area contributed by atoms with Crippen LogP contribution in [0.2, 0.25) is 0 Å². The van der Waals surface area contributed by atoms with E-state index in [0.717, 1.165) is 29.9 Å². The fourth-order valence-electron chi connectivity index (χ4n) is 5.04. The lowest BCUT2D eigenvalue weighted by atomic mass is 9.77. The van der Waals surface area contributed by atoms with Crippen molar-refractivity contribution < 1.29 is 13.5 Å². The minimum Gasteiger partial charge on any atom is -0.367 e. The highest BCUT2D eigenvalue weighted by atomic mass is 35.5. The number of halogens is 3. The van der Waals surface area contributed by atoms with Gasteiger partial charge in [-0.3, -0.25) is 4.90 Å². The second-order valence-corrected chi connectivity index (χ2v) is 10.7. The molecule has 2 aromatic heterocycles. The van der Waals surface area contributed by atoms with Gasteiger partial charge in [-0.1, -0.05) is 17.7 Å². The van der Waals surface area contributed by atoms with Crippen LogP contribution in [0.3, 0.4) is 0 Å². The zero-order chi connectivity index (χ0) is 23.2. The van der Waals surface area contributed by atoms with Crippen LogP contribution in [0.1, 0.15) is 29.7 Å². The zero-order valence-electron chi connectivity index (χ0n) is 18.2. The largest absolute Gasteiger partial charge is 0.367 e. The molecule has 0 aromatic carbocycles. The van der Waals surface area contributed by atoms with E-state index in [1.807, 2.05) is 25.3 Å². The summed E-state index contributed by atoms with van der Waals surface area (Å²) in [5, 5.41) is 13.4. The van der Waals surface area contributed by atoms with Gasteiger partial charge in [-0.25, -0.2) is 18.4 Å². The molecule has 5 heterocycles. The summed E-state index contributed by atoms with van der Waals surface area (Å²) < 4.78 is 36.9.